The van der Waals surface area contributed by atoms with Gasteiger partial charge in [-0.3, -0.25) is 4.84 Å². The Hall–Kier alpha value is -0.340. The lowest BCUT2D eigenvalue weighted by atomic mass is 10.3. The summed E-state index contributed by atoms with van der Waals surface area (Å²) in [6, 6.07) is 0.569. The van der Waals surface area contributed by atoms with Gasteiger partial charge < -0.3 is 0 Å². The Kier molecular flexibility index (Phi) is 0.754. The zero-order valence-electron chi connectivity index (χ0n) is 4.87. The molecular weight excluding hydrogens is 102 g/mol. The zero-order chi connectivity index (χ0) is 5.56. The van der Waals surface area contributed by atoms with Crippen LogP contribution in [0.15, 0.2) is 12.2 Å². The van der Waals surface area contributed by atoms with Crippen molar-refractivity contribution in [3.8, 4) is 0 Å². The molecule has 0 aromatic rings. The van der Waals surface area contributed by atoms with Gasteiger partial charge in [-0.15, -0.1) is 0 Å². The van der Waals surface area contributed by atoms with E-state index < -0.39 is 0 Å². The molecule has 2 aliphatic rings. The molecule has 0 amide bonds. The number of likely N-dealkylation sites (N-methyl/N-ethyl adjacent to an activating group) is 1. The fourth-order valence-electron chi connectivity index (χ4n) is 1.29. The van der Waals surface area contributed by atoms with Crippen LogP contribution in [0.4, 0.5) is 0 Å². The second-order valence-electron chi connectivity index (χ2n) is 2.38. The van der Waals surface area contributed by atoms with Gasteiger partial charge in [-0.1, -0.05) is 12.2 Å². The van der Waals surface area contributed by atoms with Crippen molar-refractivity contribution in [2.24, 2.45) is 0 Å². The molecule has 0 aromatic heterocycles. The highest BCUT2D eigenvalue weighted by atomic mass is 16.7. The normalized spacial score (nSPS) is 44.1. The molecule has 2 heteroatoms. The van der Waals surface area contributed by atoms with Gasteiger partial charge in [0.15, 0.2) is 0 Å². The van der Waals surface area contributed by atoms with Gasteiger partial charge >= 0.3 is 0 Å². The molecular formula is C6H9NO. The first kappa shape index (κ1) is 4.53. The van der Waals surface area contributed by atoms with E-state index in [1.54, 1.807) is 0 Å². The Bertz CT molecular complexity index is 132. The van der Waals surface area contributed by atoms with Gasteiger partial charge in [0, 0.05) is 13.5 Å². The van der Waals surface area contributed by atoms with E-state index in [0.29, 0.717) is 12.1 Å². The van der Waals surface area contributed by atoms with E-state index in [-0.39, 0.29) is 0 Å². The molecule has 0 radical (unpaired) electrons. The van der Waals surface area contributed by atoms with Crippen molar-refractivity contribution in [2.75, 3.05) is 7.05 Å². The standard InChI is InChI=1S/C6H9NO/c1-7-5-2-3-6(4-5)8-7/h2-3,5-6H,4H2,1H3. The van der Waals surface area contributed by atoms with Crippen molar-refractivity contribution in [1.29, 1.82) is 0 Å². The van der Waals surface area contributed by atoms with Crippen molar-refractivity contribution in [2.45, 2.75) is 18.6 Å². The quantitative estimate of drug-likeness (QED) is 0.423. The lowest BCUT2D eigenvalue weighted by molar-refractivity contribution is -0.129. The minimum atomic E-state index is 0.394. The van der Waals surface area contributed by atoms with Gasteiger partial charge in [-0.05, 0) is 0 Å². The number of rotatable bonds is 0. The fourth-order valence-corrected chi connectivity index (χ4v) is 1.29. The summed E-state index contributed by atoms with van der Waals surface area (Å²) < 4.78 is 0. The van der Waals surface area contributed by atoms with Gasteiger partial charge in [0.25, 0.3) is 0 Å². The van der Waals surface area contributed by atoms with E-state index in [0.717, 1.165) is 6.42 Å². The summed E-state index contributed by atoms with van der Waals surface area (Å²) in [7, 11) is 1.98. The van der Waals surface area contributed by atoms with Gasteiger partial charge in [-0.25, -0.2) is 0 Å². The van der Waals surface area contributed by atoms with Gasteiger partial charge in [0.2, 0.25) is 0 Å². The van der Waals surface area contributed by atoms with Crippen LogP contribution >= 0.6 is 0 Å². The topological polar surface area (TPSA) is 12.5 Å². The average Bonchev–Trinajstić information content (AvgIpc) is 2.23. The van der Waals surface area contributed by atoms with Crippen LogP contribution in [0.1, 0.15) is 6.42 Å². The molecule has 0 spiro atoms. The molecule has 44 valence electrons. The van der Waals surface area contributed by atoms with Crippen LogP contribution in [0, 0.1) is 0 Å². The van der Waals surface area contributed by atoms with Crippen LogP contribution in [-0.4, -0.2) is 24.3 Å². The highest BCUT2D eigenvalue weighted by Gasteiger charge is 2.31. The number of nitrogens with zero attached hydrogens (tertiary/aromatic N) is 1. The number of fused-ring (bicyclic) bond motifs is 2. The predicted octanol–water partition coefficient (Wildman–Crippen LogP) is 0.560. The predicted molar refractivity (Wildman–Crippen MR) is 30.2 cm³/mol. The molecule has 0 saturated carbocycles. The first-order valence-corrected chi connectivity index (χ1v) is 2.94. The van der Waals surface area contributed by atoms with Crippen molar-refractivity contribution >= 4 is 0 Å². The van der Waals surface area contributed by atoms with Crippen LogP contribution in [-0.2, 0) is 4.84 Å². The Morgan fingerprint density at radius 1 is 1.62 bits per heavy atom. The Labute approximate surface area is 48.7 Å². The van der Waals surface area contributed by atoms with Crippen LogP contribution in [0.5, 0.6) is 0 Å². The second kappa shape index (κ2) is 1.33. The van der Waals surface area contributed by atoms with E-state index in [4.69, 9.17) is 4.84 Å². The molecule has 2 nitrogen and oxygen atoms in total. The van der Waals surface area contributed by atoms with Crippen LogP contribution in [0.25, 0.3) is 0 Å². The van der Waals surface area contributed by atoms with Gasteiger partial charge in [-0.2, -0.15) is 5.06 Å². The van der Waals surface area contributed by atoms with Gasteiger partial charge in [0.1, 0.15) is 0 Å². The van der Waals surface area contributed by atoms with Crippen molar-refractivity contribution in [3.05, 3.63) is 12.2 Å². The summed E-state index contributed by atoms with van der Waals surface area (Å²) in [5.74, 6) is 0. The third kappa shape index (κ3) is 0.443. The highest BCUT2D eigenvalue weighted by molar-refractivity contribution is 5.09. The molecule has 2 unspecified atom stereocenters. The monoisotopic (exact) mass is 111 g/mol. The molecule has 2 atom stereocenters. The van der Waals surface area contributed by atoms with E-state index in [9.17, 15) is 0 Å². The minimum absolute atomic E-state index is 0.394. The minimum Gasteiger partial charge on any atom is -0.291 e. The lowest BCUT2D eigenvalue weighted by Crippen LogP contribution is -2.23. The Balaban J connectivity index is 2.23. The fraction of sp³-hybridized carbons (Fsp3) is 0.667. The molecule has 8 heavy (non-hydrogen) atoms. The molecule has 1 saturated heterocycles. The first-order chi connectivity index (χ1) is 3.86. The summed E-state index contributed by atoms with van der Waals surface area (Å²) in [5, 5.41) is 1.92. The van der Waals surface area contributed by atoms with Crippen molar-refractivity contribution < 1.29 is 4.84 Å². The number of hydroxylamine groups is 2. The average molecular weight is 111 g/mol. The van der Waals surface area contributed by atoms with Crippen molar-refractivity contribution in [1.82, 2.24) is 5.06 Å². The zero-order valence-corrected chi connectivity index (χ0v) is 4.87. The second-order valence-corrected chi connectivity index (χ2v) is 2.38. The maximum absolute atomic E-state index is 5.31. The molecule has 1 aliphatic carbocycles. The molecule has 1 heterocycles. The largest absolute Gasteiger partial charge is 0.291 e. The van der Waals surface area contributed by atoms with E-state index in [2.05, 4.69) is 12.2 Å². The lowest BCUT2D eigenvalue weighted by Gasteiger charge is -2.15. The Morgan fingerprint density at radius 3 is 2.75 bits per heavy atom. The maximum Gasteiger partial charge on any atom is 0.0993 e. The molecule has 1 aliphatic heterocycles. The van der Waals surface area contributed by atoms with Gasteiger partial charge in [0.05, 0.1) is 12.1 Å². The maximum atomic E-state index is 5.31. The third-order valence-electron chi connectivity index (χ3n) is 1.79. The molecule has 2 bridgehead atoms. The van der Waals surface area contributed by atoms with E-state index in [1.807, 2.05) is 12.1 Å². The van der Waals surface area contributed by atoms with Crippen LogP contribution in [0.3, 0.4) is 0 Å². The van der Waals surface area contributed by atoms with Crippen LogP contribution in [0.2, 0.25) is 0 Å². The highest BCUT2D eigenvalue weighted by Crippen LogP contribution is 2.26. The summed E-state index contributed by atoms with van der Waals surface area (Å²) >= 11 is 0. The number of hydrogen-bond acceptors (Lipinski definition) is 2. The Morgan fingerprint density at radius 2 is 2.50 bits per heavy atom. The SMILES string of the molecule is CN1OC2C=CC1C2. The van der Waals surface area contributed by atoms with Crippen molar-refractivity contribution in [3.63, 3.8) is 0 Å². The summed E-state index contributed by atoms with van der Waals surface area (Å²) in [5.41, 5.74) is 0. The molecule has 0 N–H and O–H groups in total. The first-order valence-electron chi connectivity index (χ1n) is 2.94. The molecule has 0 aromatic carbocycles. The summed E-state index contributed by atoms with van der Waals surface area (Å²) in [6.45, 7) is 0. The number of hydrogen-bond donors (Lipinski definition) is 0. The van der Waals surface area contributed by atoms with Crippen LogP contribution < -0.4 is 0 Å². The summed E-state index contributed by atoms with van der Waals surface area (Å²) in [4.78, 5) is 5.31. The smallest absolute Gasteiger partial charge is 0.0993 e. The van der Waals surface area contributed by atoms with E-state index in [1.165, 1.54) is 0 Å². The third-order valence-corrected chi connectivity index (χ3v) is 1.79. The molecule has 2 rings (SSSR count). The molecule has 1 fully saturated rings. The summed E-state index contributed by atoms with van der Waals surface area (Å²) in [6.07, 6.45) is 5.89. The van der Waals surface area contributed by atoms with E-state index >= 15 is 0 Å².